The molecular formula is C14H13N3O. The molecule has 0 radical (unpaired) electrons. The SMILES string of the molecule is O=C(c1cncnc1)c1cccc2c1CCCN2. The normalized spacial score (nSPS) is 13.6. The van der Waals surface area contributed by atoms with Gasteiger partial charge in [-0.05, 0) is 24.5 Å². The van der Waals surface area contributed by atoms with E-state index in [0.717, 1.165) is 36.2 Å². The van der Waals surface area contributed by atoms with Crippen LogP contribution in [0.15, 0.2) is 36.9 Å². The Balaban J connectivity index is 2.05. The van der Waals surface area contributed by atoms with Gasteiger partial charge in [-0.25, -0.2) is 9.97 Å². The molecule has 0 spiro atoms. The number of nitrogens with zero attached hydrogens (tertiary/aromatic N) is 2. The number of carbonyl (C=O) groups is 1. The van der Waals surface area contributed by atoms with Crippen molar-refractivity contribution in [3.63, 3.8) is 0 Å². The van der Waals surface area contributed by atoms with Gasteiger partial charge in [-0.3, -0.25) is 4.79 Å². The third-order valence-electron chi connectivity index (χ3n) is 3.16. The molecule has 4 heteroatoms. The fourth-order valence-electron chi connectivity index (χ4n) is 2.29. The van der Waals surface area contributed by atoms with E-state index in [0.29, 0.717) is 5.56 Å². The second-order valence-electron chi connectivity index (χ2n) is 4.32. The highest BCUT2D eigenvalue weighted by molar-refractivity contribution is 6.10. The van der Waals surface area contributed by atoms with Crippen molar-refractivity contribution in [2.75, 3.05) is 11.9 Å². The largest absolute Gasteiger partial charge is 0.385 e. The predicted octanol–water partition coefficient (Wildman–Crippen LogP) is 2.07. The lowest BCUT2D eigenvalue weighted by Crippen LogP contribution is -2.16. The number of hydrogen-bond acceptors (Lipinski definition) is 4. The Bertz CT molecular complexity index is 581. The summed E-state index contributed by atoms with van der Waals surface area (Å²) in [6.07, 6.45) is 6.55. The standard InChI is InChI=1S/C14H13N3O/c18-14(10-7-15-9-16-8-10)12-3-1-5-13-11(12)4-2-6-17-13/h1,3,5,7-9,17H,2,4,6H2. The van der Waals surface area contributed by atoms with Gasteiger partial charge in [0.05, 0.1) is 5.56 Å². The minimum Gasteiger partial charge on any atom is -0.385 e. The minimum absolute atomic E-state index is 0.00356. The molecule has 1 aromatic carbocycles. The lowest BCUT2D eigenvalue weighted by molar-refractivity contribution is 0.103. The average molecular weight is 239 g/mol. The highest BCUT2D eigenvalue weighted by Crippen LogP contribution is 2.26. The first-order valence-corrected chi connectivity index (χ1v) is 6.02. The third kappa shape index (κ3) is 1.86. The van der Waals surface area contributed by atoms with Gasteiger partial charge in [-0.15, -0.1) is 0 Å². The number of anilines is 1. The van der Waals surface area contributed by atoms with Crippen LogP contribution in [0, 0.1) is 0 Å². The number of carbonyl (C=O) groups excluding carboxylic acids is 1. The zero-order valence-electron chi connectivity index (χ0n) is 9.89. The number of hydrogen-bond donors (Lipinski definition) is 1. The van der Waals surface area contributed by atoms with Crippen LogP contribution in [-0.4, -0.2) is 22.3 Å². The zero-order chi connectivity index (χ0) is 12.4. The van der Waals surface area contributed by atoms with Crippen molar-refractivity contribution < 1.29 is 4.79 Å². The maximum atomic E-state index is 12.4. The Labute approximate surface area is 105 Å². The molecule has 1 aliphatic heterocycles. The molecule has 0 saturated carbocycles. The molecule has 0 amide bonds. The molecule has 1 aliphatic rings. The van der Waals surface area contributed by atoms with Crippen LogP contribution in [0.5, 0.6) is 0 Å². The summed E-state index contributed by atoms with van der Waals surface area (Å²) >= 11 is 0. The van der Waals surface area contributed by atoms with E-state index in [1.54, 1.807) is 12.4 Å². The van der Waals surface area contributed by atoms with E-state index in [9.17, 15) is 4.79 Å². The van der Waals surface area contributed by atoms with Crippen molar-refractivity contribution >= 4 is 11.5 Å². The molecule has 3 rings (SSSR count). The first-order valence-electron chi connectivity index (χ1n) is 6.02. The molecular weight excluding hydrogens is 226 g/mol. The van der Waals surface area contributed by atoms with Gasteiger partial charge in [0.25, 0.3) is 0 Å². The molecule has 0 atom stereocenters. The minimum atomic E-state index is -0.00356. The van der Waals surface area contributed by atoms with E-state index < -0.39 is 0 Å². The van der Waals surface area contributed by atoms with Gasteiger partial charge >= 0.3 is 0 Å². The van der Waals surface area contributed by atoms with E-state index in [1.165, 1.54) is 6.33 Å². The number of benzene rings is 1. The summed E-state index contributed by atoms with van der Waals surface area (Å²) in [7, 11) is 0. The molecule has 0 bridgehead atoms. The summed E-state index contributed by atoms with van der Waals surface area (Å²) in [4.78, 5) is 20.2. The van der Waals surface area contributed by atoms with E-state index >= 15 is 0 Å². The quantitative estimate of drug-likeness (QED) is 0.815. The summed E-state index contributed by atoms with van der Waals surface area (Å²) in [6.45, 7) is 0.971. The molecule has 90 valence electrons. The second kappa shape index (κ2) is 4.56. The third-order valence-corrected chi connectivity index (χ3v) is 3.16. The number of rotatable bonds is 2. The smallest absolute Gasteiger partial charge is 0.196 e. The van der Waals surface area contributed by atoms with Crippen molar-refractivity contribution in [2.45, 2.75) is 12.8 Å². The van der Waals surface area contributed by atoms with E-state index in [2.05, 4.69) is 15.3 Å². The first-order chi connectivity index (χ1) is 8.86. The molecule has 0 saturated heterocycles. The van der Waals surface area contributed by atoms with Crippen LogP contribution in [0.2, 0.25) is 0 Å². The fourth-order valence-corrected chi connectivity index (χ4v) is 2.29. The summed E-state index contributed by atoms with van der Waals surface area (Å²) < 4.78 is 0. The zero-order valence-corrected chi connectivity index (χ0v) is 9.89. The Hall–Kier alpha value is -2.23. The van der Waals surface area contributed by atoms with E-state index in [1.807, 2.05) is 18.2 Å². The van der Waals surface area contributed by atoms with Gasteiger partial charge in [-0.1, -0.05) is 12.1 Å². The Kier molecular flexibility index (Phi) is 2.76. The van der Waals surface area contributed by atoms with Crippen molar-refractivity contribution in [3.05, 3.63) is 53.6 Å². The summed E-state index contributed by atoms with van der Waals surface area (Å²) in [6, 6.07) is 5.81. The van der Waals surface area contributed by atoms with Crippen LogP contribution in [0.25, 0.3) is 0 Å². The summed E-state index contributed by atoms with van der Waals surface area (Å²) in [5.41, 5.74) is 3.48. The molecule has 0 aliphatic carbocycles. The molecule has 18 heavy (non-hydrogen) atoms. The van der Waals surface area contributed by atoms with Gasteiger partial charge < -0.3 is 5.32 Å². The maximum absolute atomic E-state index is 12.4. The van der Waals surface area contributed by atoms with Crippen LogP contribution in [0.3, 0.4) is 0 Å². The fraction of sp³-hybridized carbons (Fsp3) is 0.214. The van der Waals surface area contributed by atoms with Gasteiger partial charge in [0.15, 0.2) is 5.78 Å². The van der Waals surface area contributed by atoms with Gasteiger partial charge in [0.1, 0.15) is 6.33 Å². The molecule has 2 aromatic rings. The summed E-state index contributed by atoms with van der Waals surface area (Å²) in [5, 5.41) is 3.33. The number of nitrogens with one attached hydrogen (secondary N) is 1. The van der Waals surface area contributed by atoms with Crippen LogP contribution in [0.4, 0.5) is 5.69 Å². The van der Waals surface area contributed by atoms with Gasteiger partial charge in [-0.2, -0.15) is 0 Å². The van der Waals surface area contributed by atoms with Gasteiger partial charge in [0, 0.05) is 30.2 Å². The van der Waals surface area contributed by atoms with Crippen molar-refractivity contribution in [1.82, 2.24) is 9.97 Å². The second-order valence-corrected chi connectivity index (χ2v) is 4.32. The Morgan fingerprint density at radius 1 is 1.22 bits per heavy atom. The van der Waals surface area contributed by atoms with Crippen LogP contribution >= 0.6 is 0 Å². The lowest BCUT2D eigenvalue weighted by Gasteiger charge is -2.20. The highest BCUT2D eigenvalue weighted by atomic mass is 16.1. The molecule has 1 N–H and O–H groups in total. The molecule has 4 nitrogen and oxygen atoms in total. The van der Waals surface area contributed by atoms with Crippen LogP contribution in [0.1, 0.15) is 27.9 Å². The van der Waals surface area contributed by atoms with Crippen molar-refractivity contribution in [2.24, 2.45) is 0 Å². The predicted molar refractivity (Wildman–Crippen MR) is 68.7 cm³/mol. The Morgan fingerprint density at radius 2 is 2.06 bits per heavy atom. The topological polar surface area (TPSA) is 54.9 Å². The average Bonchev–Trinajstić information content (AvgIpc) is 2.47. The van der Waals surface area contributed by atoms with Gasteiger partial charge in [0.2, 0.25) is 0 Å². The number of aromatic nitrogens is 2. The van der Waals surface area contributed by atoms with Crippen molar-refractivity contribution in [1.29, 1.82) is 0 Å². The molecule has 1 aromatic heterocycles. The monoisotopic (exact) mass is 239 g/mol. The maximum Gasteiger partial charge on any atom is 0.196 e. The van der Waals surface area contributed by atoms with Crippen LogP contribution in [-0.2, 0) is 6.42 Å². The Morgan fingerprint density at radius 3 is 2.89 bits per heavy atom. The molecule has 0 fully saturated rings. The molecule has 0 unspecified atom stereocenters. The molecule has 2 heterocycles. The number of fused-ring (bicyclic) bond motifs is 1. The van der Waals surface area contributed by atoms with Crippen molar-refractivity contribution in [3.8, 4) is 0 Å². The van der Waals surface area contributed by atoms with E-state index in [4.69, 9.17) is 0 Å². The first kappa shape index (κ1) is 10.9. The highest BCUT2D eigenvalue weighted by Gasteiger charge is 2.18. The van der Waals surface area contributed by atoms with Crippen LogP contribution < -0.4 is 5.32 Å². The number of ketones is 1. The summed E-state index contributed by atoms with van der Waals surface area (Å²) in [5.74, 6) is -0.00356. The van der Waals surface area contributed by atoms with E-state index in [-0.39, 0.29) is 5.78 Å². The lowest BCUT2D eigenvalue weighted by atomic mass is 9.93.